The molecule has 2 N–H and O–H groups in total. The van der Waals surface area contributed by atoms with Gasteiger partial charge in [-0.25, -0.2) is 0 Å². The maximum atomic E-state index is 5.85. The standard InChI is InChI=1S/C21H36N4O.HI/c1-4-14-25-15-11-19(12-16-25)24-21(22-5-2)23-13-8-17-26-20-10-7-6-9-18(20)3;/h6-7,9-10,19H,4-5,8,11-17H2,1-3H3,(H2,22,23,24);1H. The van der Waals surface area contributed by atoms with Gasteiger partial charge in [-0.15, -0.1) is 24.0 Å². The first-order valence-corrected chi connectivity index (χ1v) is 10.2. The predicted octanol–water partition coefficient (Wildman–Crippen LogP) is 3.81. The monoisotopic (exact) mass is 488 g/mol. The molecule has 1 aliphatic heterocycles. The number of aryl methyl sites for hydroxylation is 1. The van der Waals surface area contributed by atoms with Crippen LogP contribution in [0.15, 0.2) is 29.3 Å². The molecule has 0 radical (unpaired) electrons. The molecule has 0 aromatic heterocycles. The van der Waals surface area contributed by atoms with Crippen molar-refractivity contribution in [1.29, 1.82) is 0 Å². The molecule has 0 bridgehead atoms. The molecular formula is C21H37IN4O. The van der Waals surface area contributed by atoms with Crippen LogP contribution in [0.2, 0.25) is 0 Å². The van der Waals surface area contributed by atoms with E-state index < -0.39 is 0 Å². The number of benzene rings is 1. The van der Waals surface area contributed by atoms with Crippen LogP contribution in [0.4, 0.5) is 0 Å². The number of para-hydroxylation sites is 1. The highest BCUT2D eigenvalue weighted by Crippen LogP contribution is 2.16. The summed E-state index contributed by atoms with van der Waals surface area (Å²) in [7, 11) is 0. The lowest BCUT2D eigenvalue weighted by Gasteiger charge is -2.32. The van der Waals surface area contributed by atoms with Crippen LogP contribution >= 0.6 is 24.0 Å². The number of guanidine groups is 1. The second kappa shape index (κ2) is 14.0. The van der Waals surface area contributed by atoms with E-state index >= 15 is 0 Å². The van der Waals surface area contributed by atoms with E-state index in [1.165, 1.54) is 44.5 Å². The third kappa shape index (κ3) is 9.14. The Morgan fingerprint density at radius 1 is 1.22 bits per heavy atom. The van der Waals surface area contributed by atoms with Crippen LogP contribution in [0.25, 0.3) is 0 Å². The van der Waals surface area contributed by atoms with Crippen molar-refractivity contribution in [2.75, 3.05) is 39.3 Å². The lowest BCUT2D eigenvalue weighted by molar-refractivity contribution is 0.206. The summed E-state index contributed by atoms with van der Waals surface area (Å²) in [5.41, 5.74) is 1.18. The Morgan fingerprint density at radius 2 is 1.96 bits per heavy atom. The molecule has 27 heavy (non-hydrogen) atoms. The number of piperidine rings is 1. The minimum atomic E-state index is 0. The molecule has 0 atom stereocenters. The van der Waals surface area contributed by atoms with Gasteiger partial charge in [-0.2, -0.15) is 0 Å². The molecule has 0 saturated carbocycles. The minimum absolute atomic E-state index is 0. The fourth-order valence-electron chi connectivity index (χ4n) is 3.29. The minimum Gasteiger partial charge on any atom is -0.493 e. The van der Waals surface area contributed by atoms with Gasteiger partial charge in [0.05, 0.1) is 6.61 Å². The van der Waals surface area contributed by atoms with Crippen LogP contribution < -0.4 is 15.4 Å². The van der Waals surface area contributed by atoms with Gasteiger partial charge >= 0.3 is 0 Å². The number of nitrogens with zero attached hydrogens (tertiary/aromatic N) is 2. The van der Waals surface area contributed by atoms with E-state index in [9.17, 15) is 0 Å². The van der Waals surface area contributed by atoms with Crippen LogP contribution in [-0.2, 0) is 0 Å². The Balaban J connectivity index is 0.00000364. The number of ether oxygens (including phenoxy) is 1. The van der Waals surface area contributed by atoms with Gasteiger partial charge in [0.25, 0.3) is 0 Å². The maximum absolute atomic E-state index is 5.85. The molecule has 5 nitrogen and oxygen atoms in total. The zero-order chi connectivity index (χ0) is 18.6. The van der Waals surface area contributed by atoms with E-state index in [-0.39, 0.29) is 24.0 Å². The quantitative estimate of drug-likeness (QED) is 0.240. The summed E-state index contributed by atoms with van der Waals surface area (Å²) in [6, 6.07) is 8.68. The Hall–Kier alpha value is -1.02. The third-order valence-corrected chi connectivity index (χ3v) is 4.74. The molecule has 154 valence electrons. The van der Waals surface area contributed by atoms with Crippen LogP contribution in [0.3, 0.4) is 0 Å². The van der Waals surface area contributed by atoms with Crippen molar-refractivity contribution in [1.82, 2.24) is 15.5 Å². The highest BCUT2D eigenvalue weighted by Gasteiger charge is 2.19. The van der Waals surface area contributed by atoms with Gasteiger partial charge in [-0.3, -0.25) is 4.99 Å². The summed E-state index contributed by atoms with van der Waals surface area (Å²) >= 11 is 0. The topological polar surface area (TPSA) is 48.9 Å². The van der Waals surface area contributed by atoms with E-state index in [1.807, 2.05) is 18.2 Å². The smallest absolute Gasteiger partial charge is 0.191 e. The maximum Gasteiger partial charge on any atom is 0.191 e. The van der Waals surface area contributed by atoms with Gasteiger partial charge in [0.15, 0.2) is 5.96 Å². The molecule has 6 heteroatoms. The van der Waals surface area contributed by atoms with Crippen LogP contribution in [0.1, 0.15) is 45.1 Å². The van der Waals surface area contributed by atoms with Crippen molar-refractivity contribution in [3.05, 3.63) is 29.8 Å². The first-order chi connectivity index (χ1) is 12.7. The molecule has 1 aliphatic rings. The average molecular weight is 488 g/mol. The predicted molar refractivity (Wildman–Crippen MR) is 126 cm³/mol. The van der Waals surface area contributed by atoms with Crippen molar-refractivity contribution in [2.24, 2.45) is 4.99 Å². The Morgan fingerprint density at radius 3 is 2.63 bits per heavy atom. The Bertz CT molecular complexity index is 545. The molecular weight excluding hydrogens is 451 g/mol. The lowest BCUT2D eigenvalue weighted by Crippen LogP contribution is -2.48. The second-order valence-corrected chi connectivity index (χ2v) is 6.99. The van der Waals surface area contributed by atoms with Crippen LogP contribution in [0, 0.1) is 6.92 Å². The lowest BCUT2D eigenvalue weighted by atomic mass is 10.1. The summed E-state index contributed by atoms with van der Waals surface area (Å²) in [5.74, 6) is 1.91. The highest BCUT2D eigenvalue weighted by molar-refractivity contribution is 14.0. The van der Waals surface area contributed by atoms with Crippen molar-refractivity contribution >= 4 is 29.9 Å². The number of likely N-dealkylation sites (tertiary alicyclic amines) is 1. The van der Waals surface area contributed by atoms with Crippen LogP contribution in [0.5, 0.6) is 5.75 Å². The van der Waals surface area contributed by atoms with Crippen LogP contribution in [-0.4, -0.2) is 56.2 Å². The number of halogens is 1. The number of rotatable bonds is 9. The number of aliphatic imine (C=N–C) groups is 1. The van der Waals surface area contributed by atoms with Crippen molar-refractivity contribution < 1.29 is 4.74 Å². The molecule has 0 aliphatic carbocycles. The zero-order valence-corrected chi connectivity index (χ0v) is 19.5. The SMILES string of the molecule is CCCN1CCC(NC(=NCCCOc2ccccc2C)NCC)CC1.I. The Labute approximate surface area is 182 Å². The van der Waals surface area contributed by atoms with Crippen molar-refractivity contribution in [2.45, 2.75) is 52.5 Å². The van der Waals surface area contributed by atoms with Gasteiger partial charge in [0.2, 0.25) is 0 Å². The highest BCUT2D eigenvalue weighted by atomic mass is 127. The molecule has 2 rings (SSSR count). The van der Waals surface area contributed by atoms with Crippen molar-refractivity contribution in [3.8, 4) is 5.75 Å². The molecule has 1 heterocycles. The first-order valence-electron chi connectivity index (χ1n) is 10.2. The summed E-state index contributed by atoms with van der Waals surface area (Å²) < 4.78 is 5.85. The zero-order valence-electron chi connectivity index (χ0n) is 17.2. The molecule has 1 aromatic carbocycles. The van der Waals surface area contributed by atoms with Gasteiger partial charge in [0.1, 0.15) is 5.75 Å². The van der Waals surface area contributed by atoms with Gasteiger partial charge in [-0.05, 0) is 51.3 Å². The van der Waals surface area contributed by atoms with E-state index in [2.05, 4.69) is 42.4 Å². The Kier molecular flexibility index (Phi) is 12.5. The molecule has 1 aromatic rings. The summed E-state index contributed by atoms with van der Waals surface area (Å²) in [6.45, 7) is 12.4. The molecule has 0 unspecified atom stereocenters. The molecule has 1 fully saturated rings. The fraction of sp³-hybridized carbons (Fsp3) is 0.667. The molecule has 0 amide bonds. The number of hydrogen-bond donors (Lipinski definition) is 2. The second-order valence-electron chi connectivity index (χ2n) is 6.99. The summed E-state index contributed by atoms with van der Waals surface area (Å²) in [6.07, 6.45) is 4.55. The fourth-order valence-corrected chi connectivity index (χ4v) is 3.29. The number of nitrogens with one attached hydrogen (secondary N) is 2. The largest absolute Gasteiger partial charge is 0.493 e. The molecule has 1 saturated heterocycles. The van der Waals surface area contributed by atoms with E-state index in [0.29, 0.717) is 12.6 Å². The average Bonchev–Trinajstić information content (AvgIpc) is 2.65. The van der Waals surface area contributed by atoms with Gasteiger partial charge in [0, 0.05) is 38.6 Å². The normalized spacial score (nSPS) is 15.9. The van der Waals surface area contributed by atoms with Gasteiger partial charge < -0.3 is 20.3 Å². The van der Waals surface area contributed by atoms with Crippen molar-refractivity contribution in [3.63, 3.8) is 0 Å². The summed E-state index contributed by atoms with van der Waals surface area (Å²) in [4.78, 5) is 7.28. The van der Waals surface area contributed by atoms with E-state index in [4.69, 9.17) is 9.73 Å². The third-order valence-electron chi connectivity index (χ3n) is 4.74. The first kappa shape index (κ1) is 24.0. The number of hydrogen-bond acceptors (Lipinski definition) is 3. The van der Waals surface area contributed by atoms with E-state index in [0.717, 1.165) is 31.2 Å². The summed E-state index contributed by atoms with van der Waals surface area (Å²) in [5, 5.41) is 6.98. The van der Waals surface area contributed by atoms with E-state index in [1.54, 1.807) is 0 Å². The molecule has 0 spiro atoms. The van der Waals surface area contributed by atoms with Gasteiger partial charge in [-0.1, -0.05) is 25.1 Å².